The number of benzene rings is 1. The second-order valence-corrected chi connectivity index (χ2v) is 6.70. The Kier molecular flexibility index (Phi) is 7.56. The van der Waals surface area contributed by atoms with E-state index in [2.05, 4.69) is 19.6 Å². The van der Waals surface area contributed by atoms with Crippen molar-refractivity contribution >= 4 is 46.6 Å². The molecule has 0 bridgehead atoms. The minimum atomic E-state index is 0.0850. The minimum absolute atomic E-state index is 0.0850. The summed E-state index contributed by atoms with van der Waals surface area (Å²) in [6.07, 6.45) is 2.74. The lowest BCUT2D eigenvalue weighted by molar-refractivity contribution is -0.107. The van der Waals surface area contributed by atoms with Crippen LogP contribution in [0.1, 0.15) is 31.4 Å². The van der Waals surface area contributed by atoms with Crippen LogP contribution in [0.4, 0.5) is 0 Å². The largest absolute Gasteiger partial charge is 0.282 e. The third-order valence-electron chi connectivity index (χ3n) is 3.01. The molecular weight excluding hydrogens is 304 g/mol. The van der Waals surface area contributed by atoms with Crippen LogP contribution in [0, 0.1) is 6.92 Å². The molecule has 0 saturated carbocycles. The number of thioether (sulfide) groups is 1. The van der Waals surface area contributed by atoms with Crippen LogP contribution in [-0.4, -0.2) is 21.0 Å². The Bertz CT molecular complexity index is 516. The second-order valence-electron chi connectivity index (χ2n) is 4.62. The Morgan fingerprint density at radius 2 is 2.10 bits per heavy atom. The summed E-state index contributed by atoms with van der Waals surface area (Å²) in [5.74, 6) is 0.711. The summed E-state index contributed by atoms with van der Waals surface area (Å²) < 4.78 is 0. The molecule has 1 aromatic rings. The molecule has 0 aliphatic rings. The van der Waals surface area contributed by atoms with Gasteiger partial charge in [0.2, 0.25) is 5.12 Å². The van der Waals surface area contributed by atoms with Gasteiger partial charge in [0.05, 0.1) is 0 Å². The standard InChI is InChI=1S/C16H20OS3/c1-4-13(10-18)20-16(17)12(3)9-15(19)14-8-6-5-7-11(14)2/h5-9,13,18H,4,10H2,1-3H3/b12-9+. The molecule has 1 nitrogen and oxygen atoms in total. The lowest BCUT2D eigenvalue weighted by Crippen LogP contribution is -2.09. The van der Waals surface area contributed by atoms with E-state index < -0.39 is 0 Å². The number of rotatable bonds is 6. The SMILES string of the molecule is CCC(CS)SC(=O)/C(C)=C/C(=S)c1ccccc1C. The molecular formula is C16H20OS3. The highest BCUT2D eigenvalue weighted by Gasteiger charge is 2.13. The minimum Gasteiger partial charge on any atom is -0.282 e. The molecule has 0 amide bonds. The molecule has 1 rings (SSSR count). The van der Waals surface area contributed by atoms with E-state index in [0.29, 0.717) is 16.2 Å². The van der Waals surface area contributed by atoms with Crippen LogP contribution in [-0.2, 0) is 4.79 Å². The van der Waals surface area contributed by atoms with Crippen LogP contribution in [0.5, 0.6) is 0 Å². The molecule has 20 heavy (non-hydrogen) atoms. The van der Waals surface area contributed by atoms with E-state index >= 15 is 0 Å². The first-order valence-electron chi connectivity index (χ1n) is 6.59. The van der Waals surface area contributed by atoms with Gasteiger partial charge < -0.3 is 0 Å². The van der Waals surface area contributed by atoms with E-state index in [-0.39, 0.29) is 10.4 Å². The maximum absolute atomic E-state index is 12.1. The Morgan fingerprint density at radius 3 is 2.65 bits per heavy atom. The van der Waals surface area contributed by atoms with E-state index in [9.17, 15) is 4.79 Å². The number of carbonyl (C=O) groups is 1. The van der Waals surface area contributed by atoms with Crippen LogP contribution in [0.25, 0.3) is 0 Å². The summed E-state index contributed by atoms with van der Waals surface area (Å²) in [6.45, 7) is 5.92. The van der Waals surface area contributed by atoms with Crippen molar-refractivity contribution in [1.82, 2.24) is 0 Å². The quantitative estimate of drug-likeness (QED) is 0.356. The van der Waals surface area contributed by atoms with Crippen molar-refractivity contribution < 1.29 is 4.79 Å². The van der Waals surface area contributed by atoms with Crippen LogP contribution >= 0.6 is 36.6 Å². The van der Waals surface area contributed by atoms with Gasteiger partial charge in [-0.2, -0.15) is 12.6 Å². The summed E-state index contributed by atoms with van der Waals surface area (Å²) in [5.41, 5.74) is 2.84. The number of thiocarbonyl (C=S) groups is 1. The van der Waals surface area contributed by atoms with Gasteiger partial charge in [-0.3, -0.25) is 4.79 Å². The smallest absolute Gasteiger partial charge is 0.215 e. The summed E-state index contributed by atoms with van der Waals surface area (Å²) in [4.78, 5) is 12.8. The molecule has 1 aromatic carbocycles. The third kappa shape index (κ3) is 5.08. The first kappa shape index (κ1) is 17.5. The second kappa shape index (κ2) is 8.65. The molecule has 0 aromatic heterocycles. The summed E-state index contributed by atoms with van der Waals surface area (Å²) in [6, 6.07) is 7.96. The van der Waals surface area contributed by atoms with Crippen molar-refractivity contribution in [3.8, 4) is 0 Å². The van der Waals surface area contributed by atoms with Gasteiger partial charge in [-0.05, 0) is 37.5 Å². The Morgan fingerprint density at radius 1 is 1.45 bits per heavy atom. The monoisotopic (exact) mass is 324 g/mol. The summed E-state index contributed by atoms with van der Waals surface area (Å²) in [5, 5.41) is 0.350. The van der Waals surface area contributed by atoms with E-state index in [4.69, 9.17) is 12.2 Å². The summed E-state index contributed by atoms with van der Waals surface area (Å²) in [7, 11) is 0. The molecule has 0 aliphatic heterocycles. The van der Waals surface area contributed by atoms with Crippen molar-refractivity contribution in [1.29, 1.82) is 0 Å². The van der Waals surface area contributed by atoms with Gasteiger partial charge in [-0.1, -0.05) is 55.2 Å². The average molecular weight is 325 g/mol. The Labute approximate surface area is 136 Å². The number of allylic oxidation sites excluding steroid dienone is 1. The van der Waals surface area contributed by atoms with Crippen molar-refractivity contribution in [2.75, 3.05) is 5.75 Å². The van der Waals surface area contributed by atoms with Gasteiger partial charge >= 0.3 is 0 Å². The van der Waals surface area contributed by atoms with Gasteiger partial charge in [0.25, 0.3) is 0 Å². The fourth-order valence-corrected chi connectivity index (χ4v) is 3.35. The average Bonchev–Trinajstić information content (AvgIpc) is 2.44. The van der Waals surface area contributed by atoms with Crippen molar-refractivity contribution in [3.63, 3.8) is 0 Å². The number of thiol groups is 1. The lowest BCUT2D eigenvalue weighted by Gasteiger charge is -2.10. The predicted octanol–water partition coefficient (Wildman–Crippen LogP) is 4.63. The molecule has 0 aliphatic carbocycles. The van der Waals surface area contributed by atoms with Gasteiger partial charge in [0, 0.05) is 21.4 Å². The molecule has 0 radical (unpaired) electrons. The highest BCUT2D eigenvalue weighted by molar-refractivity contribution is 8.15. The van der Waals surface area contributed by atoms with Crippen molar-refractivity contribution in [3.05, 3.63) is 47.0 Å². The van der Waals surface area contributed by atoms with Crippen molar-refractivity contribution in [2.45, 2.75) is 32.4 Å². The maximum atomic E-state index is 12.1. The van der Waals surface area contributed by atoms with Crippen LogP contribution in [0.15, 0.2) is 35.9 Å². The van der Waals surface area contributed by atoms with E-state index in [0.717, 1.165) is 17.5 Å². The lowest BCUT2D eigenvalue weighted by atomic mass is 10.0. The molecule has 1 unspecified atom stereocenters. The zero-order valence-corrected chi connectivity index (χ0v) is 14.6. The molecule has 0 spiro atoms. The van der Waals surface area contributed by atoms with E-state index in [1.54, 1.807) is 6.08 Å². The highest BCUT2D eigenvalue weighted by atomic mass is 32.2. The van der Waals surface area contributed by atoms with Crippen LogP contribution in [0.3, 0.4) is 0 Å². The molecule has 0 saturated heterocycles. The number of hydrogen-bond acceptors (Lipinski definition) is 4. The summed E-state index contributed by atoms with van der Waals surface area (Å²) >= 11 is 11.0. The molecule has 4 heteroatoms. The number of carbonyl (C=O) groups excluding carboxylic acids is 1. The Balaban J connectivity index is 2.81. The van der Waals surface area contributed by atoms with E-state index in [1.165, 1.54) is 11.8 Å². The van der Waals surface area contributed by atoms with E-state index in [1.807, 2.05) is 38.1 Å². The topological polar surface area (TPSA) is 17.1 Å². The van der Waals surface area contributed by atoms with Crippen molar-refractivity contribution in [2.24, 2.45) is 0 Å². The first-order chi connectivity index (χ1) is 9.49. The van der Waals surface area contributed by atoms with Gasteiger partial charge in [0.1, 0.15) is 0 Å². The normalized spacial score (nSPS) is 13.1. The fraction of sp³-hybridized carbons (Fsp3) is 0.375. The van der Waals surface area contributed by atoms with Crippen LogP contribution < -0.4 is 0 Å². The van der Waals surface area contributed by atoms with Crippen LogP contribution in [0.2, 0.25) is 0 Å². The molecule has 0 fully saturated rings. The molecule has 0 N–H and O–H groups in total. The third-order valence-corrected chi connectivity index (χ3v) is 5.41. The molecule has 0 heterocycles. The zero-order valence-electron chi connectivity index (χ0n) is 12.1. The molecule has 1 atom stereocenters. The van der Waals surface area contributed by atoms with Gasteiger partial charge in [-0.15, -0.1) is 0 Å². The fourth-order valence-electron chi connectivity index (χ4n) is 1.68. The maximum Gasteiger partial charge on any atom is 0.215 e. The predicted molar refractivity (Wildman–Crippen MR) is 97.2 cm³/mol. The number of aryl methyl sites for hydroxylation is 1. The highest BCUT2D eigenvalue weighted by Crippen LogP contribution is 2.21. The number of hydrogen-bond donors (Lipinski definition) is 1. The zero-order chi connectivity index (χ0) is 15.1. The molecule has 108 valence electrons. The Hall–Kier alpha value is -0.580. The van der Waals surface area contributed by atoms with Gasteiger partial charge in [0.15, 0.2) is 0 Å². The first-order valence-corrected chi connectivity index (χ1v) is 8.51. The van der Waals surface area contributed by atoms with Gasteiger partial charge in [-0.25, -0.2) is 0 Å².